The Balaban J connectivity index is 0.00000208. The predicted molar refractivity (Wildman–Crippen MR) is 99.3 cm³/mol. The summed E-state index contributed by atoms with van der Waals surface area (Å²) in [6.07, 6.45) is 4.47. The van der Waals surface area contributed by atoms with E-state index >= 15 is 0 Å². The van der Waals surface area contributed by atoms with Crippen LogP contribution in [0.4, 0.5) is 0 Å². The highest BCUT2D eigenvalue weighted by molar-refractivity contribution is 5.85. The van der Waals surface area contributed by atoms with Gasteiger partial charge in [0.05, 0.1) is 12.8 Å². The summed E-state index contributed by atoms with van der Waals surface area (Å²) in [7, 11) is 3.74. The summed E-state index contributed by atoms with van der Waals surface area (Å²) >= 11 is 0. The van der Waals surface area contributed by atoms with Crippen LogP contribution in [0.2, 0.25) is 0 Å². The van der Waals surface area contributed by atoms with Gasteiger partial charge in [-0.15, -0.1) is 12.4 Å². The van der Waals surface area contributed by atoms with Crippen LogP contribution in [0.25, 0.3) is 5.69 Å². The SMILES string of the molecule is CNCC1CCCN(Cc2ccnn2-c2ccccc2OC)C1.Cl. The van der Waals surface area contributed by atoms with Gasteiger partial charge < -0.3 is 10.1 Å². The molecule has 2 aromatic rings. The Morgan fingerprint density at radius 1 is 1.29 bits per heavy atom. The Bertz CT molecular complexity index is 629. The molecule has 1 atom stereocenters. The van der Waals surface area contributed by atoms with Crippen molar-refractivity contribution in [1.82, 2.24) is 20.0 Å². The third-order valence-electron chi connectivity index (χ3n) is 4.52. The van der Waals surface area contributed by atoms with E-state index in [0.29, 0.717) is 0 Å². The van der Waals surface area contributed by atoms with Gasteiger partial charge in [0.1, 0.15) is 11.4 Å². The molecule has 2 heterocycles. The number of nitrogens with one attached hydrogen (secondary N) is 1. The van der Waals surface area contributed by atoms with Crippen molar-refractivity contribution >= 4 is 12.4 Å². The molecule has 1 aromatic carbocycles. The van der Waals surface area contributed by atoms with E-state index in [9.17, 15) is 0 Å². The maximum atomic E-state index is 5.48. The Hall–Kier alpha value is -1.56. The van der Waals surface area contributed by atoms with Crippen LogP contribution in [0.3, 0.4) is 0 Å². The van der Waals surface area contributed by atoms with Crippen molar-refractivity contribution in [2.45, 2.75) is 19.4 Å². The molecule has 132 valence electrons. The van der Waals surface area contributed by atoms with Gasteiger partial charge in [-0.1, -0.05) is 12.1 Å². The first-order chi connectivity index (χ1) is 11.3. The second-order valence-electron chi connectivity index (χ2n) is 6.21. The Kier molecular flexibility index (Phi) is 7.09. The number of halogens is 1. The standard InChI is InChI=1S/C18H26N4O.ClH/c1-19-12-15-6-5-11-21(13-15)14-16-9-10-20-22(16)17-7-3-4-8-18(17)23-2;/h3-4,7-10,15,19H,5-6,11-14H2,1-2H3;1H. The number of benzene rings is 1. The molecule has 1 aliphatic heterocycles. The first-order valence-electron chi connectivity index (χ1n) is 8.35. The number of ether oxygens (including phenoxy) is 1. The molecule has 0 radical (unpaired) electrons. The fourth-order valence-electron chi connectivity index (χ4n) is 3.45. The molecule has 5 nitrogen and oxygen atoms in total. The summed E-state index contributed by atoms with van der Waals surface area (Å²) in [6, 6.07) is 10.1. The molecule has 0 amide bonds. The zero-order valence-electron chi connectivity index (χ0n) is 14.4. The molecule has 1 fully saturated rings. The van der Waals surface area contributed by atoms with Gasteiger partial charge in [-0.25, -0.2) is 4.68 Å². The molecule has 6 heteroatoms. The first-order valence-corrected chi connectivity index (χ1v) is 8.35. The topological polar surface area (TPSA) is 42.3 Å². The van der Waals surface area contributed by atoms with Crippen LogP contribution in [0.15, 0.2) is 36.5 Å². The molecule has 1 saturated heterocycles. The van der Waals surface area contributed by atoms with Crippen LogP contribution >= 0.6 is 12.4 Å². The summed E-state index contributed by atoms with van der Waals surface area (Å²) in [4.78, 5) is 2.54. The van der Waals surface area contributed by atoms with E-state index in [-0.39, 0.29) is 12.4 Å². The van der Waals surface area contributed by atoms with Gasteiger partial charge in [0.25, 0.3) is 0 Å². The van der Waals surface area contributed by atoms with Crippen molar-refractivity contribution in [3.8, 4) is 11.4 Å². The van der Waals surface area contributed by atoms with E-state index < -0.39 is 0 Å². The molecule has 1 N–H and O–H groups in total. The molecule has 0 bridgehead atoms. The minimum atomic E-state index is 0. The number of methoxy groups -OCH3 is 1. The number of nitrogens with zero attached hydrogens (tertiary/aromatic N) is 3. The van der Waals surface area contributed by atoms with E-state index in [1.807, 2.05) is 36.1 Å². The largest absolute Gasteiger partial charge is 0.494 e. The van der Waals surface area contributed by atoms with Crippen molar-refractivity contribution in [3.63, 3.8) is 0 Å². The molecule has 1 unspecified atom stereocenters. The number of likely N-dealkylation sites (tertiary alicyclic amines) is 1. The summed E-state index contributed by atoms with van der Waals surface area (Å²) < 4.78 is 7.48. The van der Waals surface area contributed by atoms with Crippen molar-refractivity contribution in [2.24, 2.45) is 5.92 Å². The number of aromatic nitrogens is 2. The van der Waals surface area contributed by atoms with Crippen LogP contribution in [-0.2, 0) is 6.54 Å². The number of para-hydroxylation sites is 2. The highest BCUT2D eigenvalue weighted by Crippen LogP contribution is 2.24. The third kappa shape index (κ3) is 4.29. The van der Waals surface area contributed by atoms with Crippen LogP contribution in [0.1, 0.15) is 18.5 Å². The van der Waals surface area contributed by atoms with E-state index in [4.69, 9.17) is 4.74 Å². The minimum absolute atomic E-state index is 0. The van der Waals surface area contributed by atoms with Crippen molar-refractivity contribution < 1.29 is 4.74 Å². The molecule has 1 aromatic heterocycles. The second kappa shape index (κ2) is 9.06. The molecular formula is C18H27ClN4O. The number of hydrogen-bond acceptors (Lipinski definition) is 4. The quantitative estimate of drug-likeness (QED) is 0.869. The summed E-state index contributed by atoms with van der Waals surface area (Å²) in [5.41, 5.74) is 2.21. The smallest absolute Gasteiger partial charge is 0.144 e. The van der Waals surface area contributed by atoms with Gasteiger partial charge in [0.15, 0.2) is 0 Å². The summed E-state index contributed by atoms with van der Waals surface area (Å²) in [5.74, 6) is 1.60. The monoisotopic (exact) mass is 350 g/mol. The van der Waals surface area contributed by atoms with E-state index in [1.165, 1.54) is 18.5 Å². The average molecular weight is 351 g/mol. The minimum Gasteiger partial charge on any atom is -0.494 e. The average Bonchev–Trinajstić information content (AvgIpc) is 3.03. The lowest BCUT2D eigenvalue weighted by Crippen LogP contribution is -2.38. The summed E-state index contributed by atoms with van der Waals surface area (Å²) in [5, 5.41) is 7.82. The molecule has 0 spiro atoms. The third-order valence-corrected chi connectivity index (χ3v) is 4.52. The second-order valence-corrected chi connectivity index (χ2v) is 6.21. The van der Waals surface area contributed by atoms with Gasteiger partial charge in [0, 0.05) is 19.3 Å². The molecule has 0 saturated carbocycles. The van der Waals surface area contributed by atoms with Crippen molar-refractivity contribution in [2.75, 3.05) is 33.8 Å². The maximum absolute atomic E-state index is 5.48. The highest BCUT2D eigenvalue weighted by Gasteiger charge is 2.21. The molecule has 3 rings (SSSR count). The zero-order valence-corrected chi connectivity index (χ0v) is 15.3. The van der Waals surface area contributed by atoms with E-state index in [1.54, 1.807) is 7.11 Å². The van der Waals surface area contributed by atoms with E-state index in [0.717, 1.165) is 43.5 Å². The fourth-order valence-corrected chi connectivity index (χ4v) is 3.45. The lowest BCUT2D eigenvalue weighted by atomic mass is 9.98. The molecule has 24 heavy (non-hydrogen) atoms. The summed E-state index contributed by atoms with van der Waals surface area (Å²) in [6.45, 7) is 4.34. The lowest BCUT2D eigenvalue weighted by molar-refractivity contribution is 0.164. The maximum Gasteiger partial charge on any atom is 0.144 e. The Morgan fingerprint density at radius 3 is 2.92 bits per heavy atom. The van der Waals surface area contributed by atoms with Crippen LogP contribution in [0.5, 0.6) is 5.75 Å². The van der Waals surface area contributed by atoms with Crippen LogP contribution < -0.4 is 10.1 Å². The highest BCUT2D eigenvalue weighted by atomic mass is 35.5. The first kappa shape index (κ1) is 18.8. The van der Waals surface area contributed by atoms with Gasteiger partial charge in [-0.3, -0.25) is 4.90 Å². The predicted octanol–water partition coefficient (Wildman–Crippen LogP) is 2.73. The lowest BCUT2D eigenvalue weighted by Gasteiger charge is -2.32. The van der Waals surface area contributed by atoms with Crippen LogP contribution in [0, 0.1) is 5.92 Å². The number of rotatable bonds is 6. The Morgan fingerprint density at radius 2 is 2.12 bits per heavy atom. The Labute approximate surface area is 150 Å². The van der Waals surface area contributed by atoms with Gasteiger partial charge in [-0.2, -0.15) is 5.10 Å². The molecule has 1 aliphatic rings. The molecule has 0 aliphatic carbocycles. The van der Waals surface area contributed by atoms with Gasteiger partial charge in [0.2, 0.25) is 0 Å². The van der Waals surface area contributed by atoms with E-state index in [2.05, 4.69) is 27.4 Å². The normalized spacial score (nSPS) is 18.2. The van der Waals surface area contributed by atoms with Crippen molar-refractivity contribution in [3.05, 3.63) is 42.2 Å². The van der Waals surface area contributed by atoms with Gasteiger partial charge in [-0.05, 0) is 57.1 Å². The number of piperidine rings is 1. The van der Waals surface area contributed by atoms with Crippen LogP contribution in [-0.4, -0.2) is 48.5 Å². The van der Waals surface area contributed by atoms with Gasteiger partial charge >= 0.3 is 0 Å². The number of hydrogen-bond donors (Lipinski definition) is 1. The zero-order chi connectivity index (χ0) is 16.1. The molecular weight excluding hydrogens is 324 g/mol. The van der Waals surface area contributed by atoms with Crippen molar-refractivity contribution in [1.29, 1.82) is 0 Å². The fraction of sp³-hybridized carbons (Fsp3) is 0.500.